The zero-order valence-corrected chi connectivity index (χ0v) is 15.3. The number of carboxylic acids is 1. The van der Waals surface area contributed by atoms with Gasteiger partial charge in [0.05, 0.1) is 5.41 Å². The molecule has 0 bridgehead atoms. The van der Waals surface area contributed by atoms with Gasteiger partial charge >= 0.3 is 5.97 Å². The molecule has 1 atom stereocenters. The highest BCUT2D eigenvalue weighted by atomic mass is 16.4. The molecule has 0 radical (unpaired) electrons. The van der Waals surface area contributed by atoms with Crippen molar-refractivity contribution in [2.75, 3.05) is 13.1 Å². The van der Waals surface area contributed by atoms with Crippen LogP contribution in [0.3, 0.4) is 0 Å². The van der Waals surface area contributed by atoms with Crippen LogP contribution in [-0.4, -0.2) is 35.0 Å². The molecule has 1 saturated carbocycles. The van der Waals surface area contributed by atoms with Gasteiger partial charge in [0, 0.05) is 19.0 Å². The van der Waals surface area contributed by atoms with Crippen LogP contribution in [0.5, 0.6) is 0 Å². The second kappa shape index (κ2) is 7.19. The Kier molecular flexibility index (Phi) is 5.16. The summed E-state index contributed by atoms with van der Waals surface area (Å²) in [6, 6.07) is 10.5. The molecule has 2 fully saturated rings. The summed E-state index contributed by atoms with van der Waals surface area (Å²) in [6.07, 6.45) is 4.49. The van der Waals surface area contributed by atoms with E-state index in [4.69, 9.17) is 0 Å². The molecule has 3 rings (SSSR count). The fourth-order valence-electron chi connectivity index (χ4n) is 4.57. The molecule has 25 heavy (non-hydrogen) atoms. The van der Waals surface area contributed by atoms with Crippen LogP contribution in [0, 0.1) is 17.3 Å². The number of carboxylic acid groups (broad SMARTS) is 1. The lowest BCUT2D eigenvalue weighted by atomic mass is 9.76. The Morgan fingerprint density at radius 2 is 1.76 bits per heavy atom. The van der Waals surface area contributed by atoms with E-state index in [1.807, 2.05) is 24.8 Å². The van der Waals surface area contributed by atoms with E-state index < -0.39 is 11.4 Å². The lowest BCUT2D eigenvalue weighted by Crippen LogP contribution is -2.42. The van der Waals surface area contributed by atoms with E-state index in [9.17, 15) is 14.7 Å². The van der Waals surface area contributed by atoms with Gasteiger partial charge in [0.2, 0.25) is 5.91 Å². The predicted molar refractivity (Wildman–Crippen MR) is 97.2 cm³/mol. The summed E-state index contributed by atoms with van der Waals surface area (Å²) in [4.78, 5) is 26.5. The first-order chi connectivity index (χ1) is 11.9. The van der Waals surface area contributed by atoms with Crippen molar-refractivity contribution in [1.82, 2.24) is 4.90 Å². The van der Waals surface area contributed by atoms with E-state index in [0.29, 0.717) is 25.4 Å². The first-order valence-corrected chi connectivity index (χ1v) is 9.51. The van der Waals surface area contributed by atoms with Gasteiger partial charge < -0.3 is 10.0 Å². The standard InChI is InChI=1S/C21H29NO3/c1-15(2)21(20(24)25)12-13-22(14-21)19(23)18-10-8-17(9-11-18)16-6-4-3-5-7-16/h3-7,15,17-18H,8-14H2,1-2H3,(H,24,25). The minimum Gasteiger partial charge on any atom is -0.481 e. The Bertz CT molecular complexity index is 619. The highest BCUT2D eigenvalue weighted by Crippen LogP contribution is 2.41. The number of rotatable bonds is 4. The Morgan fingerprint density at radius 1 is 1.12 bits per heavy atom. The first kappa shape index (κ1) is 18.0. The third-order valence-electron chi connectivity index (χ3n) is 6.49. The number of benzene rings is 1. The van der Waals surface area contributed by atoms with E-state index in [-0.39, 0.29) is 17.7 Å². The van der Waals surface area contributed by atoms with Crippen molar-refractivity contribution >= 4 is 11.9 Å². The summed E-state index contributed by atoms with van der Waals surface area (Å²) >= 11 is 0. The number of carbonyl (C=O) groups excluding carboxylic acids is 1. The Hall–Kier alpha value is -1.84. The molecule has 1 N–H and O–H groups in total. The molecule has 2 aliphatic rings. The normalized spacial score (nSPS) is 29.8. The second-order valence-corrected chi connectivity index (χ2v) is 8.09. The summed E-state index contributed by atoms with van der Waals surface area (Å²) in [6.45, 7) is 4.86. The van der Waals surface area contributed by atoms with Crippen molar-refractivity contribution in [3.8, 4) is 0 Å². The number of likely N-dealkylation sites (tertiary alicyclic amines) is 1. The van der Waals surface area contributed by atoms with Crippen LogP contribution in [-0.2, 0) is 9.59 Å². The Labute approximate surface area is 150 Å². The average molecular weight is 343 g/mol. The Morgan fingerprint density at radius 3 is 2.28 bits per heavy atom. The summed E-state index contributed by atoms with van der Waals surface area (Å²) in [7, 11) is 0. The van der Waals surface area contributed by atoms with Gasteiger partial charge in [-0.15, -0.1) is 0 Å². The van der Waals surface area contributed by atoms with E-state index in [0.717, 1.165) is 25.7 Å². The summed E-state index contributed by atoms with van der Waals surface area (Å²) < 4.78 is 0. The quantitative estimate of drug-likeness (QED) is 0.901. The smallest absolute Gasteiger partial charge is 0.311 e. The van der Waals surface area contributed by atoms with Gasteiger partial charge in [-0.1, -0.05) is 44.2 Å². The predicted octanol–water partition coefficient (Wildman–Crippen LogP) is 3.92. The van der Waals surface area contributed by atoms with Gasteiger partial charge in [0.25, 0.3) is 0 Å². The van der Waals surface area contributed by atoms with Crippen molar-refractivity contribution in [1.29, 1.82) is 0 Å². The van der Waals surface area contributed by atoms with Crippen LogP contribution in [0.4, 0.5) is 0 Å². The van der Waals surface area contributed by atoms with E-state index in [1.165, 1.54) is 5.56 Å². The molecule has 1 heterocycles. The Balaban J connectivity index is 1.59. The lowest BCUT2D eigenvalue weighted by molar-refractivity contribution is -0.151. The third kappa shape index (κ3) is 3.44. The van der Waals surface area contributed by atoms with Crippen molar-refractivity contribution < 1.29 is 14.7 Å². The topological polar surface area (TPSA) is 57.6 Å². The number of hydrogen-bond acceptors (Lipinski definition) is 2. The number of aliphatic carboxylic acids is 1. The average Bonchev–Trinajstić information content (AvgIpc) is 3.09. The first-order valence-electron chi connectivity index (χ1n) is 9.51. The van der Waals surface area contributed by atoms with Crippen LogP contribution in [0.1, 0.15) is 57.4 Å². The summed E-state index contributed by atoms with van der Waals surface area (Å²) in [5.41, 5.74) is 0.607. The fraction of sp³-hybridized carbons (Fsp3) is 0.619. The molecular weight excluding hydrogens is 314 g/mol. The molecule has 1 aliphatic heterocycles. The zero-order chi connectivity index (χ0) is 18.0. The maximum absolute atomic E-state index is 12.9. The molecule has 1 aliphatic carbocycles. The molecule has 1 amide bonds. The number of nitrogens with zero attached hydrogens (tertiary/aromatic N) is 1. The molecule has 1 aromatic rings. The van der Waals surface area contributed by atoms with Crippen molar-refractivity contribution in [2.24, 2.45) is 17.3 Å². The third-order valence-corrected chi connectivity index (χ3v) is 6.49. The molecular formula is C21H29NO3. The van der Waals surface area contributed by atoms with E-state index >= 15 is 0 Å². The van der Waals surface area contributed by atoms with E-state index in [2.05, 4.69) is 24.3 Å². The summed E-state index contributed by atoms with van der Waals surface area (Å²) in [5, 5.41) is 9.67. The van der Waals surface area contributed by atoms with Gasteiger partial charge in [-0.25, -0.2) is 0 Å². The summed E-state index contributed by atoms with van der Waals surface area (Å²) in [5.74, 6) is 0.0758. The number of carbonyl (C=O) groups is 2. The minimum atomic E-state index is -0.767. The minimum absolute atomic E-state index is 0.0385. The largest absolute Gasteiger partial charge is 0.481 e. The van der Waals surface area contributed by atoms with Crippen molar-refractivity contribution in [3.05, 3.63) is 35.9 Å². The molecule has 1 unspecified atom stereocenters. The molecule has 1 saturated heterocycles. The highest BCUT2D eigenvalue weighted by molar-refractivity contribution is 5.82. The van der Waals surface area contributed by atoms with Crippen molar-refractivity contribution in [3.63, 3.8) is 0 Å². The van der Waals surface area contributed by atoms with Crippen LogP contribution in [0.15, 0.2) is 30.3 Å². The van der Waals surface area contributed by atoms with E-state index in [1.54, 1.807) is 0 Å². The molecule has 1 aromatic carbocycles. The van der Waals surface area contributed by atoms with Crippen LogP contribution in [0.2, 0.25) is 0 Å². The van der Waals surface area contributed by atoms with Gasteiger partial charge in [0.15, 0.2) is 0 Å². The lowest BCUT2D eigenvalue weighted by Gasteiger charge is -2.32. The SMILES string of the molecule is CC(C)C1(C(=O)O)CCN(C(=O)C2CCC(c3ccccc3)CC2)C1. The molecule has 0 aromatic heterocycles. The second-order valence-electron chi connectivity index (χ2n) is 8.09. The number of hydrogen-bond donors (Lipinski definition) is 1. The zero-order valence-electron chi connectivity index (χ0n) is 15.3. The van der Waals surface area contributed by atoms with Crippen molar-refractivity contribution in [2.45, 2.75) is 51.9 Å². The highest BCUT2D eigenvalue weighted by Gasteiger charge is 2.49. The molecule has 136 valence electrons. The molecule has 4 nitrogen and oxygen atoms in total. The molecule has 0 spiro atoms. The maximum Gasteiger partial charge on any atom is 0.311 e. The van der Waals surface area contributed by atoms with Gasteiger partial charge in [-0.3, -0.25) is 9.59 Å². The van der Waals surface area contributed by atoms with Crippen LogP contribution in [0.25, 0.3) is 0 Å². The van der Waals surface area contributed by atoms with Gasteiger partial charge in [-0.2, -0.15) is 0 Å². The van der Waals surface area contributed by atoms with Crippen LogP contribution < -0.4 is 0 Å². The van der Waals surface area contributed by atoms with Gasteiger partial charge in [-0.05, 0) is 49.5 Å². The number of amides is 1. The van der Waals surface area contributed by atoms with Crippen LogP contribution >= 0.6 is 0 Å². The fourth-order valence-corrected chi connectivity index (χ4v) is 4.57. The monoisotopic (exact) mass is 343 g/mol. The van der Waals surface area contributed by atoms with Gasteiger partial charge in [0.1, 0.15) is 0 Å². The molecule has 4 heteroatoms. The maximum atomic E-state index is 12.9.